The molecule has 0 aromatic heterocycles. The van der Waals surface area contributed by atoms with Crippen LogP contribution in [-0.4, -0.2) is 11.7 Å². The molecule has 3 heteroatoms. The fourth-order valence-electron chi connectivity index (χ4n) is 1.48. The Labute approximate surface area is 84.7 Å². The maximum atomic E-state index is 8.79. The van der Waals surface area contributed by atoms with E-state index in [0.717, 1.165) is 16.8 Å². The number of hydrogen-bond donors (Lipinski definition) is 3. The molecule has 0 bridgehead atoms. The molecule has 0 amide bonds. The smallest absolute Gasteiger partial charge is 0.0449 e. The first-order valence-electron chi connectivity index (χ1n) is 4.80. The van der Waals surface area contributed by atoms with Crippen molar-refractivity contribution < 1.29 is 5.11 Å². The van der Waals surface area contributed by atoms with Crippen molar-refractivity contribution in [3.63, 3.8) is 0 Å². The zero-order valence-corrected chi connectivity index (χ0v) is 8.75. The van der Waals surface area contributed by atoms with Gasteiger partial charge in [0.2, 0.25) is 0 Å². The lowest BCUT2D eigenvalue weighted by Crippen LogP contribution is -2.14. The summed E-state index contributed by atoms with van der Waals surface area (Å²) in [4.78, 5) is 0. The van der Waals surface area contributed by atoms with Gasteiger partial charge in [0.25, 0.3) is 0 Å². The molecule has 14 heavy (non-hydrogen) atoms. The monoisotopic (exact) mass is 194 g/mol. The van der Waals surface area contributed by atoms with Crippen molar-refractivity contribution in [1.29, 1.82) is 0 Å². The molecule has 1 rings (SSSR count). The van der Waals surface area contributed by atoms with Crippen LogP contribution in [0.3, 0.4) is 0 Å². The van der Waals surface area contributed by atoms with E-state index in [-0.39, 0.29) is 12.6 Å². The largest absolute Gasteiger partial charge is 0.398 e. The minimum absolute atomic E-state index is 0.0908. The van der Waals surface area contributed by atoms with Gasteiger partial charge in [-0.15, -0.1) is 0 Å². The normalized spacial score (nSPS) is 12.9. The quantitative estimate of drug-likeness (QED) is 0.634. The van der Waals surface area contributed by atoms with Crippen LogP contribution in [0.25, 0.3) is 0 Å². The molecule has 78 valence electrons. The van der Waals surface area contributed by atoms with Crippen LogP contribution < -0.4 is 11.5 Å². The Morgan fingerprint density at radius 2 is 2.00 bits per heavy atom. The Hall–Kier alpha value is -1.06. The Morgan fingerprint density at radius 3 is 2.57 bits per heavy atom. The van der Waals surface area contributed by atoms with Crippen molar-refractivity contribution in [3.05, 3.63) is 28.8 Å². The molecule has 3 nitrogen and oxygen atoms in total. The van der Waals surface area contributed by atoms with E-state index in [2.05, 4.69) is 0 Å². The molecule has 0 aliphatic heterocycles. The highest BCUT2D eigenvalue weighted by atomic mass is 16.3. The SMILES string of the molecule is Cc1ccc([C@@H](N)CCO)c(N)c1C. The third-order valence-corrected chi connectivity index (χ3v) is 2.66. The summed E-state index contributed by atoms with van der Waals surface area (Å²) in [5.41, 5.74) is 15.8. The summed E-state index contributed by atoms with van der Waals surface area (Å²) in [5.74, 6) is 0. The molecular formula is C11H18N2O. The zero-order chi connectivity index (χ0) is 10.7. The predicted molar refractivity (Wildman–Crippen MR) is 59.0 cm³/mol. The number of rotatable bonds is 3. The highest BCUT2D eigenvalue weighted by molar-refractivity contribution is 5.57. The first-order chi connectivity index (χ1) is 6.57. The molecular weight excluding hydrogens is 176 g/mol. The van der Waals surface area contributed by atoms with Gasteiger partial charge < -0.3 is 16.6 Å². The standard InChI is InChI=1S/C11H18N2O/c1-7-3-4-9(10(12)5-6-14)11(13)8(7)2/h3-4,10,14H,5-6,12-13H2,1-2H3/t10-/m0/s1. The second kappa shape index (κ2) is 4.44. The lowest BCUT2D eigenvalue weighted by molar-refractivity contribution is 0.276. The zero-order valence-electron chi connectivity index (χ0n) is 8.75. The number of nitrogen functional groups attached to an aromatic ring is 1. The van der Waals surface area contributed by atoms with Gasteiger partial charge in [-0.1, -0.05) is 12.1 Å². The summed E-state index contributed by atoms with van der Waals surface area (Å²) >= 11 is 0. The molecule has 0 heterocycles. The molecule has 0 aliphatic carbocycles. The molecule has 5 N–H and O–H groups in total. The van der Waals surface area contributed by atoms with Gasteiger partial charge in [0, 0.05) is 18.3 Å². The summed E-state index contributed by atoms with van der Waals surface area (Å²) in [6.07, 6.45) is 0.548. The molecule has 0 saturated carbocycles. The maximum Gasteiger partial charge on any atom is 0.0449 e. The van der Waals surface area contributed by atoms with Crippen LogP contribution in [0.2, 0.25) is 0 Å². The average Bonchev–Trinajstić information content (AvgIpc) is 2.15. The van der Waals surface area contributed by atoms with Crippen molar-refractivity contribution in [2.45, 2.75) is 26.3 Å². The van der Waals surface area contributed by atoms with E-state index < -0.39 is 0 Å². The number of hydrogen-bond acceptors (Lipinski definition) is 3. The maximum absolute atomic E-state index is 8.79. The fraction of sp³-hybridized carbons (Fsp3) is 0.455. The van der Waals surface area contributed by atoms with E-state index in [4.69, 9.17) is 16.6 Å². The van der Waals surface area contributed by atoms with E-state index >= 15 is 0 Å². The van der Waals surface area contributed by atoms with Crippen LogP contribution in [0.15, 0.2) is 12.1 Å². The van der Waals surface area contributed by atoms with E-state index in [1.807, 2.05) is 26.0 Å². The molecule has 0 fully saturated rings. The van der Waals surface area contributed by atoms with Crippen molar-refractivity contribution >= 4 is 5.69 Å². The number of aryl methyl sites for hydroxylation is 1. The van der Waals surface area contributed by atoms with Crippen molar-refractivity contribution in [2.75, 3.05) is 12.3 Å². The van der Waals surface area contributed by atoms with Crippen molar-refractivity contribution in [1.82, 2.24) is 0 Å². The van der Waals surface area contributed by atoms with E-state index in [1.165, 1.54) is 5.56 Å². The van der Waals surface area contributed by atoms with E-state index in [1.54, 1.807) is 0 Å². The van der Waals surface area contributed by atoms with Gasteiger partial charge in [-0.3, -0.25) is 0 Å². The second-order valence-electron chi connectivity index (χ2n) is 3.63. The van der Waals surface area contributed by atoms with Crippen LogP contribution in [-0.2, 0) is 0 Å². The number of aliphatic hydroxyl groups excluding tert-OH is 1. The number of anilines is 1. The third-order valence-electron chi connectivity index (χ3n) is 2.66. The summed E-state index contributed by atoms with van der Waals surface area (Å²) in [6, 6.07) is 3.79. The lowest BCUT2D eigenvalue weighted by atomic mass is 9.97. The second-order valence-corrected chi connectivity index (χ2v) is 3.63. The molecule has 1 aromatic rings. The lowest BCUT2D eigenvalue weighted by Gasteiger charge is -2.16. The van der Waals surface area contributed by atoms with Gasteiger partial charge in [-0.2, -0.15) is 0 Å². The van der Waals surface area contributed by atoms with Gasteiger partial charge in [-0.25, -0.2) is 0 Å². The summed E-state index contributed by atoms with van der Waals surface area (Å²) in [7, 11) is 0. The van der Waals surface area contributed by atoms with E-state index in [0.29, 0.717) is 6.42 Å². The van der Waals surface area contributed by atoms with Crippen LogP contribution in [0.4, 0.5) is 5.69 Å². The first kappa shape index (κ1) is 11.0. The van der Waals surface area contributed by atoms with Crippen LogP contribution in [0, 0.1) is 13.8 Å². The van der Waals surface area contributed by atoms with Gasteiger partial charge >= 0.3 is 0 Å². The highest BCUT2D eigenvalue weighted by Crippen LogP contribution is 2.26. The average molecular weight is 194 g/mol. The molecule has 0 aliphatic rings. The first-order valence-corrected chi connectivity index (χ1v) is 4.80. The minimum Gasteiger partial charge on any atom is -0.398 e. The molecule has 1 atom stereocenters. The fourth-order valence-corrected chi connectivity index (χ4v) is 1.48. The summed E-state index contributed by atoms with van der Waals surface area (Å²) in [6.45, 7) is 4.10. The topological polar surface area (TPSA) is 72.3 Å². The Balaban J connectivity index is 3.04. The van der Waals surface area contributed by atoms with Crippen LogP contribution >= 0.6 is 0 Å². The van der Waals surface area contributed by atoms with Crippen molar-refractivity contribution in [3.8, 4) is 0 Å². The number of benzene rings is 1. The van der Waals surface area contributed by atoms with Gasteiger partial charge in [-0.05, 0) is 37.0 Å². The molecule has 0 unspecified atom stereocenters. The van der Waals surface area contributed by atoms with Crippen LogP contribution in [0.1, 0.15) is 29.2 Å². The number of aliphatic hydroxyl groups is 1. The molecule has 1 aromatic carbocycles. The number of nitrogens with two attached hydrogens (primary N) is 2. The Bertz CT molecular complexity index is 323. The highest BCUT2D eigenvalue weighted by Gasteiger charge is 2.11. The van der Waals surface area contributed by atoms with Crippen LogP contribution in [0.5, 0.6) is 0 Å². The van der Waals surface area contributed by atoms with Crippen molar-refractivity contribution in [2.24, 2.45) is 5.73 Å². The summed E-state index contributed by atoms with van der Waals surface area (Å²) in [5, 5.41) is 8.79. The van der Waals surface area contributed by atoms with Gasteiger partial charge in [0.05, 0.1) is 0 Å². The third kappa shape index (κ3) is 2.05. The molecule has 0 saturated heterocycles. The predicted octanol–water partition coefficient (Wildman–Crippen LogP) is 1.27. The Kier molecular flexibility index (Phi) is 3.49. The minimum atomic E-state index is -0.167. The van der Waals surface area contributed by atoms with Gasteiger partial charge in [0.15, 0.2) is 0 Å². The Morgan fingerprint density at radius 1 is 1.36 bits per heavy atom. The molecule has 0 spiro atoms. The summed E-state index contributed by atoms with van der Waals surface area (Å²) < 4.78 is 0. The van der Waals surface area contributed by atoms with E-state index in [9.17, 15) is 0 Å². The molecule has 0 radical (unpaired) electrons. The van der Waals surface area contributed by atoms with Gasteiger partial charge in [0.1, 0.15) is 0 Å².